The second kappa shape index (κ2) is 8.57. The van der Waals surface area contributed by atoms with Gasteiger partial charge in [0.2, 0.25) is 0 Å². The molecule has 0 amide bonds. The molecule has 5 heteroatoms. The Hall–Kier alpha value is -3.99. The van der Waals surface area contributed by atoms with Gasteiger partial charge in [-0.05, 0) is 35.0 Å². The number of fused-ring (bicyclic) bond motifs is 1. The van der Waals surface area contributed by atoms with Gasteiger partial charge in [0.05, 0.1) is 11.8 Å². The Balaban J connectivity index is 1.71. The summed E-state index contributed by atoms with van der Waals surface area (Å²) in [5, 5.41) is 1.68. The smallest absolute Gasteiger partial charge is 0.419 e. The predicted octanol–water partition coefficient (Wildman–Crippen LogP) is 6.21. The number of para-hydroxylation sites is 2. The first-order valence-corrected chi connectivity index (χ1v) is 9.29. The summed E-state index contributed by atoms with van der Waals surface area (Å²) in [6.45, 7) is -1.89. The summed E-state index contributed by atoms with van der Waals surface area (Å²) < 4.78 is 33.6. The van der Waals surface area contributed by atoms with Crippen LogP contribution in [-0.2, 0) is 0 Å². The summed E-state index contributed by atoms with van der Waals surface area (Å²) in [5.74, 6) is -0.360. The fraction of sp³-hybridized carbons (Fsp3) is 0. The lowest BCUT2D eigenvalue weighted by atomic mass is 10.0. The van der Waals surface area contributed by atoms with E-state index >= 15 is 0 Å². The summed E-state index contributed by atoms with van der Waals surface area (Å²) in [5.41, 5.74) is 1.06. The number of halogens is 2. The molecule has 0 fully saturated rings. The number of benzene rings is 4. The van der Waals surface area contributed by atoms with Crippen molar-refractivity contribution in [2.75, 3.05) is 0 Å². The van der Waals surface area contributed by atoms with Crippen LogP contribution in [0.15, 0.2) is 97.1 Å². The third kappa shape index (κ3) is 4.05. The van der Waals surface area contributed by atoms with Gasteiger partial charge >= 0.3 is 12.5 Å². The summed E-state index contributed by atoms with van der Waals surface area (Å²) in [6.07, 6.45) is 1.25. The van der Waals surface area contributed by atoms with Crippen molar-refractivity contribution in [3.63, 3.8) is 0 Å². The minimum atomic E-state index is -1.89. The summed E-state index contributed by atoms with van der Waals surface area (Å²) in [6, 6.07) is 27.7. The quantitative estimate of drug-likeness (QED) is 0.0994. The molecule has 0 atom stereocenters. The largest absolute Gasteiger partial charge is 0.423 e. The summed E-state index contributed by atoms with van der Waals surface area (Å²) in [4.78, 5) is 12.9. The lowest BCUT2D eigenvalue weighted by Crippen LogP contribution is -2.13. The van der Waals surface area contributed by atoms with Crippen LogP contribution < -0.4 is 4.74 Å². The highest BCUT2D eigenvalue weighted by Gasteiger charge is 2.17. The molecule has 0 aliphatic carbocycles. The van der Waals surface area contributed by atoms with E-state index in [-0.39, 0.29) is 5.75 Å². The van der Waals surface area contributed by atoms with Gasteiger partial charge in [0.25, 0.3) is 0 Å². The first-order valence-electron chi connectivity index (χ1n) is 9.29. The maximum absolute atomic E-state index is 13.6. The van der Waals surface area contributed by atoms with Crippen molar-refractivity contribution in [1.29, 1.82) is 0 Å². The Morgan fingerprint density at radius 1 is 0.800 bits per heavy atom. The highest BCUT2D eigenvalue weighted by atomic mass is 19.3. The number of carbonyl (C=O) groups is 1. The second-order valence-corrected chi connectivity index (χ2v) is 6.53. The highest BCUT2D eigenvalue weighted by Crippen LogP contribution is 2.25. The van der Waals surface area contributed by atoms with Crippen LogP contribution in [0.5, 0.6) is 5.75 Å². The van der Waals surface area contributed by atoms with Gasteiger partial charge in [-0.2, -0.15) is 8.78 Å². The Morgan fingerprint density at radius 3 is 2.27 bits per heavy atom. The fourth-order valence-corrected chi connectivity index (χ4v) is 3.19. The van der Waals surface area contributed by atoms with Crippen LogP contribution in [0, 0.1) is 6.55 Å². The number of esters is 1. The molecule has 4 aromatic rings. The lowest BCUT2D eigenvalue weighted by Gasteiger charge is -2.12. The van der Waals surface area contributed by atoms with Crippen LogP contribution in [-0.4, -0.2) is 16.8 Å². The van der Waals surface area contributed by atoms with E-state index in [1.54, 1.807) is 66.7 Å². The van der Waals surface area contributed by atoms with Crippen molar-refractivity contribution >= 4 is 28.6 Å². The van der Waals surface area contributed by atoms with E-state index in [0.717, 1.165) is 15.3 Å². The molecule has 0 saturated heterocycles. The van der Waals surface area contributed by atoms with Crippen molar-refractivity contribution in [3.05, 3.63) is 115 Å². The van der Waals surface area contributed by atoms with Gasteiger partial charge in [-0.3, -0.25) is 4.58 Å². The van der Waals surface area contributed by atoms with E-state index in [2.05, 4.69) is 0 Å². The van der Waals surface area contributed by atoms with E-state index in [9.17, 15) is 13.6 Å². The third-order valence-electron chi connectivity index (χ3n) is 4.62. The molecule has 0 aliphatic rings. The number of rotatable bonds is 5. The molecule has 0 unspecified atom stereocenters. The molecule has 4 rings (SSSR count). The Kier molecular flexibility index (Phi) is 5.52. The molecule has 0 heterocycles. The number of nitrogens with zero attached hydrogens (tertiary/aromatic N) is 1. The first kappa shape index (κ1) is 19.3. The van der Waals surface area contributed by atoms with E-state index < -0.39 is 12.5 Å². The minimum absolute atomic E-state index is 0.192. The molecular weight excluding hydrogens is 384 g/mol. The van der Waals surface area contributed by atoms with Gasteiger partial charge in [-0.1, -0.05) is 72.8 Å². The van der Waals surface area contributed by atoms with Gasteiger partial charge in [0, 0.05) is 5.56 Å². The Bertz CT molecular complexity index is 1210. The molecule has 0 aliphatic heterocycles. The first-order chi connectivity index (χ1) is 14.6. The zero-order valence-electron chi connectivity index (χ0n) is 15.8. The molecule has 4 aromatic carbocycles. The molecule has 0 spiro atoms. The molecule has 0 N–H and O–H groups in total. The standard InChI is InChI=1S/C25H17F2NO2/c26-25(27)28(20-12-2-1-3-13-20)17-19-10-5-7-16-23(19)30-24(29)22-15-8-11-18-9-4-6-14-21(18)22/h1-17H. The van der Waals surface area contributed by atoms with Gasteiger partial charge < -0.3 is 4.74 Å². The number of hydrogen-bond acceptors (Lipinski definition) is 2. The number of carbonyl (C=O) groups excluding carboxylic acids is 1. The van der Waals surface area contributed by atoms with Crippen molar-refractivity contribution < 1.29 is 22.9 Å². The topological polar surface area (TPSA) is 29.3 Å². The van der Waals surface area contributed by atoms with Crippen LogP contribution >= 0.6 is 0 Å². The average molecular weight is 401 g/mol. The molecule has 0 aromatic heterocycles. The Labute approximate surface area is 172 Å². The minimum Gasteiger partial charge on any atom is -0.423 e. The maximum Gasteiger partial charge on any atom is 0.419 e. The van der Waals surface area contributed by atoms with Crippen LogP contribution in [0.2, 0.25) is 0 Å². The third-order valence-corrected chi connectivity index (χ3v) is 4.62. The van der Waals surface area contributed by atoms with Gasteiger partial charge in [0.1, 0.15) is 11.4 Å². The van der Waals surface area contributed by atoms with Gasteiger partial charge in [0.15, 0.2) is 0 Å². The lowest BCUT2D eigenvalue weighted by molar-refractivity contribution is -0.479. The molecule has 3 nitrogen and oxygen atoms in total. The molecular formula is C25H17F2NO2. The maximum atomic E-state index is 13.6. The van der Waals surface area contributed by atoms with Crippen molar-refractivity contribution in [2.45, 2.75) is 0 Å². The molecule has 0 saturated carbocycles. The van der Waals surface area contributed by atoms with E-state index in [4.69, 9.17) is 4.74 Å². The molecule has 30 heavy (non-hydrogen) atoms. The van der Waals surface area contributed by atoms with E-state index in [0.29, 0.717) is 16.8 Å². The zero-order valence-corrected chi connectivity index (χ0v) is 15.8. The fourth-order valence-electron chi connectivity index (χ4n) is 3.19. The van der Waals surface area contributed by atoms with Gasteiger partial charge in [-0.15, -0.1) is 0 Å². The average Bonchev–Trinajstić information content (AvgIpc) is 2.78. The molecule has 0 bridgehead atoms. The summed E-state index contributed by atoms with van der Waals surface area (Å²) in [7, 11) is 0. The number of ether oxygens (including phenoxy) is 1. The van der Waals surface area contributed by atoms with Crippen molar-refractivity contribution in [2.24, 2.45) is 0 Å². The van der Waals surface area contributed by atoms with Crippen LogP contribution in [0.1, 0.15) is 15.9 Å². The number of hydrogen-bond donors (Lipinski definition) is 0. The van der Waals surface area contributed by atoms with Crippen LogP contribution in [0.25, 0.3) is 10.8 Å². The zero-order chi connectivity index (χ0) is 20.9. The highest BCUT2D eigenvalue weighted by molar-refractivity contribution is 6.05. The SMILES string of the molecule is O=C(Oc1ccccc1/C=[N+](/c1ccccc1)[C-](F)F)c1cccc2ccccc12. The van der Waals surface area contributed by atoms with Crippen molar-refractivity contribution in [3.8, 4) is 5.75 Å². The van der Waals surface area contributed by atoms with Crippen LogP contribution in [0.4, 0.5) is 14.5 Å². The Morgan fingerprint density at radius 2 is 1.47 bits per heavy atom. The molecule has 148 valence electrons. The predicted molar refractivity (Wildman–Crippen MR) is 112 cm³/mol. The van der Waals surface area contributed by atoms with Gasteiger partial charge in [-0.25, -0.2) is 4.79 Å². The van der Waals surface area contributed by atoms with Crippen molar-refractivity contribution in [1.82, 2.24) is 0 Å². The second-order valence-electron chi connectivity index (χ2n) is 6.53. The monoisotopic (exact) mass is 401 g/mol. The normalized spacial score (nSPS) is 11.3. The van der Waals surface area contributed by atoms with E-state index in [1.165, 1.54) is 6.21 Å². The molecule has 0 radical (unpaired) electrons. The van der Waals surface area contributed by atoms with Crippen LogP contribution in [0.3, 0.4) is 0 Å². The summed E-state index contributed by atoms with van der Waals surface area (Å²) >= 11 is 0. The van der Waals surface area contributed by atoms with E-state index in [1.807, 2.05) is 30.3 Å².